The van der Waals surface area contributed by atoms with Crippen LogP contribution in [0.15, 0.2) is 18.2 Å². The number of aromatic nitrogens is 2. The molecule has 1 aromatic carbocycles. The van der Waals surface area contributed by atoms with Crippen molar-refractivity contribution in [1.82, 2.24) is 9.97 Å². The molecule has 0 atom stereocenters. The van der Waals surface area contributed by atoms with Crippen LogP contribution < -0.4 is 4.74 Å². The molecule has 0 N–H and O–H groups in total. The summed E-state index contributed by atoms with van der Waals surface area (Å²) < 4.78 is 5.75. The van der Waals surface area contributed by atoms with Gasteiger partial charge in [0.05, 0.1) is 11.4 Å². The summed E-state index contributed by atoms with van der Waals surface area (Å²) in [6.45, 7) is 7.80. The Morgan fingerprint density at radius 2 is 1.67 bits per heavy atom. The smallest absolute Gasteiger partial charge is 0.257 e. The Hall–Kier alpha value is -1.61. The highest BCUT2D eigenvalue weighted by Crippen LogP contribution is 2.29. The van der Waals surface area contributed by atoms with Crippen molar-refractivity contribution in [3.8, 4) is 11.6 Å². The molecule has 0 fully saturated rings. The van der Waals surface area contributed by atoms with Gasteiger partial charge < -0.3 is 4.74 Å². The van der Waals surface area contributed by atoms with E-state index in [1.54, 1.807) is 0 Å². The van der Waals surface area contributed by atoms with Crippen molar-refractivity contribution < 1.29 is 4.74 Å². The van der Waals surface area contributed by atoms with E-state index in [2.05, 4.69) is 9.97 Å². The van der Waals surface area contributed by atoms with E-state index in [1.165, 1.54) is 5.56 Å². The van der Waals surface area contributed by atoms with Crippen LogP contribution in [0.4, 0.5) is 0 Å². The Kier molecular flexibility index (Phi) is 3.53. The zero-order valence-electron chi connectivity index (χ0n) is 10.9. The molecule has 0 aliphatic heterocycles. The standard InChI is InChI=1S/C14H15ClN2O/c1-8-6-5-7-12(9(8)2)18-14-13(15)16-10(3)11(4)17-14/h5-7H,1-4H3. The van der Waals surface area contributed by atoms with Crippen molar-refractivity contribution in [3.63, 3.8) is 0 Å². The summed E-state index contributed by atoms with van der Waals surface area (Å²) in [6, 6.07) is 5.88. The van der Waals surface area contributed by atoms with Gasteiger partial charge in [0.1, 0.15) is 5.75 Å². The molecule has 0 unspecified atom stereocenters. The summed E-state index contributed by atoms with van der Waals surface area (Å²) in [5.74, 6) is 1.11. The molecule has 0 saturated carbocycles. The first-order chi connectivity index (χ1) is 8.49. The number of ether oxygens (including phenoxy) is 1. The Bertz CT molecular complexity index is 597. The molecule has 0 bridgehead atoms. The lowest BCUT2D eigenvalue weighted by Gasteiger charge is -2.11. The fraction of sp³-hybridized carbons (Fsp3) is 0.286. The van der Waals surface area contributed by atoms with Crippen LogP contribution in [0, 0.1) is 27.7 Å². The molecule has 0 saturated heterocycles. The van der Waals surface area contributed by atoms with E-state index in [0.29, 0.717) is 11.0 Å². The molecule has 3 nitrogen and oxygen atoms in total. The minimum Gasteiger partial charge on any atom is -0.436 e. The Morgan fingerprint density at radius 3 is 2.39 bits per heavy atom. The van der Waals surface area contributed by atoms with Crippen molar-refractivity contribution in [2.45, 2.75) is 27.7 Å². The lowest BCUT2D eigenvalue weighted by atomic mass is 10.1. The second-order valence-corrected chi connectivity index (χ2v) is 4.65. The van der Waals surface area contributed by atoms with Gasteiger partial charge in [-0.15, -0.1) is 0 Å². The van der Waals surface area contributed by atoms with E-state index in [1.807, 2.05) is 45.9 Å². The monoisotopic (exact) mass is 262 g/mol. The predicted octanol–water partition coefficient (Wildman–Crippen LogP) is 4.16. The number of benzene rings is 1. The maximum Gasteiger partial charge on any atom is 0.257 e. The molecule has 0 spiro atoms. The van der Waals surface area contributed by atoms with Gasteiger partial charge in [0, 0.05) is 0 Å². The number of rotatable bonds is 2. The third-order valence-corrected chi connectivity index (χ3v) is 3.24. The molecular formula is C14H15ClN2O. The minimum absolute atomic E-state index is 0.291. The molecule has 0 radical (unpaired) electrons. The summed E-state index contributed by atoms with van der Waals surface area (Å²) >= 11 is 6.04. The van der Waals surface area contributed by atoms with Crippen LogP contribution in [0.2, 0.25) is 5.15 Å². The molecular weight excluding hydrogens is 248 g/mol. The van der Waals surface area contributed by atoms with Crippen molar-refractivity contribution in [3.05, 3.63) is 45.9 Å². The lowest BCUT2D eigenvalue weighted by molar-refractivity contribution is 0.454. The molecule has 1 aromatic heterocycles. The van der Waals surface area contributed by atoms with Gasteiger partial charge in [0.2, 0.25) is 0 Å². The number of nitrogens with zero attached hydrogens (tertiary/aromatic N) is 2. The van der Waals surface area contributed by atoms with E-state index < -0.39 is 0 Å². The maximum atomic E-state index is 6.04. The van der Waals surface area contributed by atoms with Crippen LogP contribution in [0.1, 0.15) is 22.5 Å². The zero-order valence-corrected chi connectivity index (χ0v) is 11.7. The summed E-state index contributed by atoms with van der Waals surface area (Å²) in [6.07, 6.45) is 0. The molecule has 18 heavy (non-hydrogen) atoms. The van der Waals surface area contributed by atoms with Gasteiger partial charge in [-0.25, -0.2) is 9.97 Å². The van der Waals surface area contributed by atoms with Gasteiger partial charge in [0.15, 0.2) is 5.15 Å². The molecule has 0 aliphatic carbocycles. The van der Waals surface area contributed by atoms with E-state index in [4.69, 9.17) is 16.3 Å². The average Bonchev–Trinajstić information content (AvgIpc) is 2.32. The van der Waals surface area contributed by atoms with Crippen LogP contribution in [0.3, 0.4) is 0 Å². The first-order valence-corrected chi connectivity index (χ1v) is 6.11. The van der Waals surface area contributed by atoms with E-state index in [-0.39, 0.29) is 0 Å². The lowest BCUT2D eigenvalue weighted by Crippen LogP contribution is -1.98. The highest BCUT2D eigenvalue weighted by Gasteiger charge is 2.11. The fourth-order valence-corrected chi connectivity index (χ4v) is 1.77. The third-order valence-electron chi connectivity index (χ3n) is 3.00. The first-order valence-electron chi connectivity index (χ1n) is 5.74. The fourth-order valence-electron chi connectivity index (χ4n) is 1.56. The average molecular weight is 263 g/mol. The topological polar surface area (TPSA) is 35.0 Å². The van der Waals surface area contributed by atoms with Crippen molar-refractivity contribution in [2.24, 2.45) is 0 Å². The second-order valence-electron chi connectivity index (χ2n) is 4.29. The van der Waals surface area contributed by atoms with E-state index >= 15 is 0 Å². The van der Waals surface area contributed by atoms with Crippen molar-refractivity contribution >= 4 is 11.6 Å². The summed E-state index contributed by atoms with van der Waals surface area (Å²) in [5, 5.41) is 0.291. The molecule has 0 aliphatic rings. The Balaban J connectivity index is 2.40. The van der Waals surface area contributed by atoms with Crippen LogP contribution >= 0.6 is 11.6 Å². The van der Waals surface area contributed by atoms with Crippen LogP contribution in [-0.4, -0.2) is 9.97 Å². The Labute approximate surface area is 112 Å². The normalized spacial score (nSPS) is 10.5. The molecule has 94 valence electrons. The molecule has 4 heteroatoms. The van der Waals surface area contributed by atoms with Gasteiger partial charge in [-0.05, 0) is 44.9 Å². The van der Waals surface area contributed by atoms with Crippen LogP contribution in [-0.2, 0) is 0 Å². The molecule has 2 rings (SSSR count). The van der Waals surface area contributed by atoms with Crippen molar-refractivity contribution in [2.75, 3.05) is 0 Å². The molecule has 2 aromatic rings. The second kappa shape index (κ2) is 4.94. The number of aryl methyl sites for hydroxylation is 3. The summed E-state index contributed by atoms with van der Waals surface area (Å²) in [7, 11) is 0. The number of hydrogen-bond donors (Lipinski definition) is 0. The highest BCUT2D eigenvalue weighted by atomic mass is 35.5. The molecule has 0 amide bonds. The number of halogens is 1. The maximum absolute atomic E-state index is 6.04. The summed E-state index contributed by atoms with van der Waals surface area (Å²) in [5.41, 5.74) is 3.88. The van der Waals surface area contributed by atoms with E-state index in [9.17, 15) is 0 Å². The van der Waals surface area contributed by atoms with E-state index in [0.717, 1.165) is 22.7 Å². The SMILES string of the molecule is Cc1cccc(Oc2nc(C)c(C)nc2Cl)c1C. The van der Waals surface area contributed by atoms with Crippen molar-refractivity contribution in [1.29, 1.82) is 0 Å². The largest absolute Gasteiger partial charge is 0.436 e. The van der Waals surface area contributed by atoms with Gasteiger partial charge >= 0.3 is 0 Å². The Morgan fingerprint density at radius 1 is 1.00 bits per heavy atom. The van der Waals surface area contributed by atoms with Gasteiger partial charge in [-0.3, -0.25) is 0 Å². The quantitative estimate of drug-likeness (QED) is 0.815. The first kappa shape index (κ1) is 12.8. The number of hydrogen-bond acceptors (Lipinski definition) is 3. The molecule has 1 heterocycles. The predicted molar refractivity (Wildman–Crippen MR) is 72.5 cm³/mol. The van der Waals surface area contributed by atoms with Crippen LogP contribution in [0.25, 0.3) is 0 Å². The highest BCUT2D eigenvalue weighted by molar-refractivity contribution is 6.30. The zero-order chi connectivity index (χ0) is 13.3. The van der Waals surface area contributed by atoms with Gasteiger partial charge in [0.25, 0.3) is 5.88 Å². The van der Waals surface area contributed by atoms with Crippen LogP contribution in [0.5, 0.6) is 11.6 Å². The summed E-state index contributed by atoms with van der Waals surface area (Å²) in [4.78, 5) is 8.52. The van der Waals surface area contributed by atoms with Gasteiger partial charge in [-0.1, -0.05) is 23.7 Å². The van der Waals surface area contributed by atoms with Gasteiger partial charge in [-0.2, -0.15) is 0 Å². The minimum atomic E-state index is 0.291. The third kappa shape index (κ3) is 2.46.